The van der Waals surface area contributed by atoms with Crippen LogP contribution in [0.25, 0.3) is 5.65 Å². The van der Waals surface area contributed by atoms with Crippen molar-refractivity contribution in [3.05, 3.63) is 28.6 Å². The van der Waals surface area contributed by atoms with Crippen molar-refractivity contribution in [2.45, 2.75) is 19.3 Å². The second kappa shape index (κ2) is 4.98. The SMILES string of the molecule is Brc1cccc2nnc(CC3CCSCC3)n12. The lowest BCUT2D eigenvalue weighted by molar-refractivity contribution is 0.474. The zero-order chi connectivity index (χ0) is 11.7. The van der Waals surface area contributed by atoms with Crippen LogP contribution >= 0.6 is 27.7 Å². The highest BCUT2D eigenvalue weighted by Crippen LogP contribution is 2.26. The molecule has 2 aromatic heterocycles. The maximum atomic E-state index is 4.33. The molecule has 0 unspecified atom stereocenters. The normalized spacial score (nSPS) is 17.7. The Morgan fingerprint density at radius 2 is 2.12 bits per heavy atom. The van der Waals surface area contributed by atoms with Gasteiger partial charge in [-0.3, -0.25) is 4.40 Å². The van der Waals surface area contributed by atoms with Gasteiger partial charge in [-0.1, -0.05) is 6.07 Å². The fraction of sp³-hybridized carbons (Fsp3) is 0.500. The third kappa shape index (κ3) is 2.36. The van der Waals surface area contributed by atoms with Crippen molar-refractivity contribution in [1.82, 2.24) is 14.6 Å². The summed E-state index contributed by atoms with van der Waals surface area (Å²) in [5.74, 6) is 4.45. The van der Waals surface area contributed by atoms with Gasteiger partial charge in [-0.15, -0.1) is 10.2 Å². The summed E-state index contributed by atoms with van der Waals surface area (Å²) >= 11 is 5.64. The molecule has 90 valence electrons. The van der Waals surface area contributed by atoms with Gasteiger partial charge in [0.15, 0.2) is 5.65 Å². The number of aromatic nitrogens is 3. The van der Waals surface area contributed by atoms with Crippen LogP contribution in [0.1, 0.15) is 18.7 Å². The van der Waals surface area contributed by atoms with Crippen molar-refractivity contribution in [2.24, 2.45) is 5.92 Å². The van der Waals surface area contributed by atoms with Crippen LogP contribution in [0.5, 0.6) is 0 Å². The molecule has 0 atom stereocenters. The number of fused-ring (bicyclic) bond motifs is 1. The molecule has 2 aromatic rings. The van der Waals surface area contributed by atoms with Crippen molar-refractivity contribution in [2.75, 3.05) is 11.5 Å². The molecule has 0 spiro atoms. The quantitative estimate of drug-likeness (QED) is 0.798. The summed E-state index contributed by atoms with van der Waals surface area (Å²) in [7, 11) is 0. The molecule has 1 aliphatic rings. The van der Waals surface area contributed by atoms with Crippen LogP contribution in [-0.2, 0) is 6.42 Å². The Bertz CT molecular complexity index is 519. The fourth-order valence-electron chi connectivity index (χ4n) is 2.30. The van der Waals surface area contributed by atoms with Gasteiger partial charge >= 0.3 is 0 Å². The summed E-state index contributed by atoms with van der Waals surface area (Å²) < 4.78 is 3.15. The van der Waals surface area contributed by atoms with Gasteiger partial charge in [0.2, 0.25) is 0 Å². The van der Waals surface area contributed by atoms with Gasteiger partial charge in [0.1, 0.15) is 5.82 Å². The van der Waals surface area contributed by atoms with Crippen molar-refractivity contribution >= 4 is 33.3 Å². The Morgan fingerprint density at radius 3 is 2.94 bits per heavy atom. The molecule has 0 amide bonds. The molecule has 0 radical (unpaired) electrons. The van der Waals surface area contributed by atoms with E-state index in [1.165, 1.54) is 24.3 Å². The monoisotopic (exact) mass is 311 g/mol. The number of thioether (sulfide) groups is 1. The largest absolute Gasteiger partial charge is 0.273 e. The van der Waals surface area contributed by atoms with E-state index in [1.807, 2.05) is 18.2 Å². The summed E-state index contributed by atoms with van der Waals surface area (Å²) in [6.07, 6.45) is 3.67. The first-order valence-electron chi connectivity index (χ1n) is 5.91. The Kier molecular flexibility index (Phi) is 3.38. The van der Waals surface area contributed by atoms with Gasteiger partial charge in [-0.2, -0.15) is 11.8 Å². The van der Waals surface area contributed by atoms with Crippen LogP contribution in [0.3, 0.4) is 0 Å². The molecule has 3 rings (SSSR count). The molecule has 0 aliphatic carbocycles. The average molecular weight is 312 g/mol. The van der Waals surface area contributed by atoms with Crippen LogP contribution in [0, 0.1) is 5.92 Å². The van der Waals surface area contributed by atoms with E-state index in [0.29, 0.717) is 0 Å². The first-order chi connectivity index (χ1) is 8.34. The summed E-state index contributed by atoms with van der Waals surface area (Å²) in [5, 5.41) is 8.55. The Morgan fingerprint density at radius 1 is 1.29 bits per heavy atom. The number of nitrogens with zero attached hydrogens (tertiary/aromatic N) is 3. The molecule has 0 bridgehead atoms. The molecule has 0 aromatic carbocycles. The van der Waals surface area contributed by atoms with Gasteiger partial charge in [0, 0.05) is 6.42 Å². The van der Waals surface area contributed by atoms with Crippen molar-refractivity contribution in [3.63, 3.8) is 0 Å². The van der Waals surface area contributed by atoms with E-state index in [1.54, 1.807) is 0 Å². The Hall–Kier alpha value is -0.550. The predicted octanol–water partition coefficient (Wildman–Crippen LogP) is 3.18. The predicted molar refractivity (Wildman–Crippen MR) is 74.4 cm³/mol. The van der Waals surface area contributed by atoms with E-state index in [0.717, 1.165) is 28.4 Å². The van der Waals surface area contributed by atoms with Crippen LogP contribution in [0.15, 0.2) is 22.8 Å². The second-order valence-corrected chi connectivity index (χ2v) is 6.46. The fourth-order valence-corrected chi connectivity index (χ4v) is 4.04. The summed E-state index contributed by atoms with van der Waals surface area (Å²) in [4.78, 5) is 0. The molecule has 0 saturated carbocycles. The van der Waals surface area contributed by atoms with E-state index >= 15 is 0 Å². The third-order valence-electron chi connectivity index (χ3n) is 3.26. The van der Waals surface area contributed by atoms with E-state index in [-0.39, 0.29) is 0 Å². The van der Waals surface area contributed by atoms with Crippen LogP contribution in [0.2, 0.25) is 0 Å². The highest BCUT2D eigenvalue weighted by molar-refractivity contribution is 9.10. The number of rotatable bonds is 2. The maximum Gasteiger partial charge on any atom is 0.161 e. The molecule has 17 heavy (non-hydrogen) atoms. The molecule has 0 N–H and O–H groups in total. The zero-order valence-electron chi connectivity index (χ0n) is 9.47. The average Bonchev–Trinajstić information content (AvgIpc) is 2.75. The van der Waals surface area contributed by atoms with Crippen LogP contribution in [0.4, 0.5) is 0 Å². The molecule has 1 aliphatic heterocycles. The van der Waals surface area contributed by atoms with Crippen molar-refractivity contribution in [3.8, 4) is 0 Å². The summed E-state index contributed by atoms with van der Waals surface area (Å²) in [6, 6.07) is 6.03. The zero-order valence-corrected chi connectivity index (χ0v) is 11.9. The summed E-state index contributed by atoms with van der Waals surface area (Å²) in [5.41, 5.74) is 0.930. The minimum absolute atomic E-state index is 0.774. The lowest BCUT2D eigenvalue weighted by Crippen LogP contribution is -2.14. The Labute approximate surface area is 113 Å². The van der Waals surface area contributed by atoms with Gasteiger partial charge in [0.25, 0.3) is 0 Å². The molecule has 1 fully saturated rings. The molecular weight excluding hydrogens is 298 g/mol. The molecule has 3 heterocycles. The highest BCUT2D eigenvalue weighted by Gasteiger charge is 2.17. The van der Waals surface area contributed by atoms with Gasteiger partial charge < -0.3 is 0 Å². The summed E-state index contributed by atoms with van der Waals surface area (Å²) in [6.45, 7) is 0. The smallest absolute Gasteiger partial charge is 0.161 e. The maximum absolute atomic E-state index is 4.33. The van der Waals surface area contributed by atoms with E-state index < -0.39 is 0 Å². The van der Waals surface area contributed by atoms with Crippen molar-refractivity contribution in [1.29, 1.82) is 0 Å². The van der Waals surface area contributed by atoms with Crippen LogP contribution in [-0.4, -0.2) is 26.1 Å². The van der Waals surface area contributed by atoms with Crippen molar-refractivity contribution < 1.29 is 0 Å². The molecular formula is C12H14BrN3S. The van der Waals surface area contributed by atoms with E-state index in [2.05, 4.69) is 42.3 Å². The first kappa shape index (κ1) is 11.5. The van der Waals surface area contributed by atoms with Crippen LogP contribution < -0.4 is 0 Å². The third-order valence-corrected chi connectivity index (χ3v) is 4.93. The topological polar surface area (TPSA) is 30.2 Å². The van der Waals surface area contributed by atoms with Gasteiger partial charge in [0.05, 0.1) is 4.60 Å². The lowest BCUT2D eigenvalue weighted by atomic mass is 9.98. The van der Waals surface area contributed by atoms with Gasteiger partial charge in [-0.05, 0) is 58.3 Å². The first-order valence-corrected chi connectivity index (χ1v) is 7.85. The molecule has 5 heteroatoms. The van der Waals surface area contributed by atoms with Gasteiger partial charge in [-0.25, -0.2) is 0 Å². The number of hydrogen-bond donors (Lipinski definition) is 0. The highest BCUT2D eigenvalue weighted by atomic mass is 79.9. The standard InChI is InChI=1S/C12H14BrN3S/c13-10-2-1-3-11-14-15-12(16(10)11)8-9-4-6-17-7-5-9/h1-3,9H,4-8H2. The molecule has 1 saturated heterocycles. The lowest BCUT2D eigenvalue weighted by Gasteiger charge is -2.20. The number of pyridine rings is 1. The minimum atomic E-state index is 0.774. The Balaban J connectivity index is 1.89. The molecule has 3 nitrogen and oxygen atoms in total. The number of halogens is 1. The minimum Gasteiger partial charge on any atom is -0.273 e. The number of hydrogen-bond acceptors (Lipinski definition) is 3. The van der Waals surface area contributed by atoms with E-state index in [9.17, 15) is 0 Å². The second-order valence-electron chi connectivity index (χ2n) is 4.42. The van der Waals surface area contributed by atoms with E-state index in [4.69, 9.17) is 0 Å².